The fourth-order valence-corrected chi connectivity index (χ4v) is 0. The summed E-state index contributed by atoms with van der Waals surface area (Å²) in [6, 6.07) is 0. The molecule has 0 aromatic heterocycles. The molecule has 0 aliphatic heterocycles. The van der Waals surface area contributed by atoms with Gasteiger partial charge in [-0.05, 0) is 12.5 Å². The molecule has 0 unspecified atom stereocenters. The van der Waals surface area contributed by atoms with E-state index in [4.69, 9.17) is 5.11 Å². The lowest BCUT2D eigenvalue weighted by molar-refractivity contribution is -0.113. The number of amides is 1. The van der Waals surface area contributed by atoms with Crippen LogP contribution in [0.4, 0.5) is 0 Å². The van der Waals surface area contributed by atoms with Crippen LogP contribution in [0.1, 0.15) is 13.3 Å². The van der Waals surface area contributed by atoms with Crippen LogP contribution in [0.15, 0.2) is 12.7 Å². The van der Waals surface area contributed by atoms with Gasteiger partial charge in [-0.15, -0.1) is 0 Å². The van der Waals surface area contributed by atoms with Gasteiger partial charge in [0.15, 0.2) is 0 Å². The number of nitrogens with two attached hydrogens (primary N) is 3. The quantitative estimate of drug-likeness (QED) is 0.234. The molecule has 0 rings (SSSR count). The van der Waals surface area contributed by atoms with Gasteiger partial charge >= 0.3 is 0 Å². The van der Waals surface area contributed by atoms with Crippen molar-refractivity contribution in [1.82, 2.24) is 0 Å². The Balaban J connectivity index is -0.0000000965. The third-order valence-electron chi connectivity index (χ3n) is 0.425. The largest absolute Gasteiger partial charge is 0.396 e. The van der Waals surface area contributed by atoms with Crippen LogP contribution >= 0.6 is 0 Å². The van der Waals surface area contributed by atoms with E-state index in [1.165, 1.54) is 0 Å². The van der Waals surface area contributed by atoms with E-state index in [1.54, 1.807) is 0 Å². The highest BCUT2D eigenvalue weighted by Gasteiger charge is 1.69. The Morgan fingerprint density at radius 3 is 1.82 bits per heavy atom. The maximum absolute atomic E-state index is 9.47. The van der Waals surface area contributed by atoms with E-state index >= 15 is 0 Å². The summed E-state index contributed by atoms with van der Waals surface area (Å²) in [6.07, 6.45) is 1.93. The summed E-state index contributed by atoms with van der Waals surface area (Å²) in [7, 11) is 0. The van der Waals surface area contributed by atoms with Crippen LogP contribution in [0.5, 0.6) is 0 Å². The zero-order chi connectivity index (χ0) is 9.70. The number of hydrazine groups is 1. The Bertz CT molecular complexity index is 83.9. The number of carbonyl (C=O) groups is 1. The second kappa shape index (κ2) is 23.0. The molecule has 0 heterocycles. The molecule has 1 amide bonds. The summed E-state index contributed by atoms with van der Waals surface area (Å²) in [5, 5.41) is 7.88. The smallest absolute Gasteiger partial charge is 0.240 e. The molecule has 0 saturated carbocycles. The highest BCUT2D eigenvalue weighted by atomic mass is 16.2. The number of hydrogen-bond acceptors (Lipinski definition) is 4. The lowest BCUT2D eigenvalue weighted by Gasteiger charge is -1.69. The van der Waals surface area contributed by atoms with Gasteiger partial charge in [0.25, 0.3) is 0 Å². The molecular formula is C6H17N3O2. The van der Waals surface area contributed by atoms with Crippen LogP contribution in [0.25, 0.3) is 0 Å². The topological polar surface area (TPSA) is 115 Å². The van der Waals surface area contributed by atoms with Gasteiger partial charge in [-0.1, -0.05) is 13.5 Å². The Kier molecular flexibility index (Phi) is 34.6. The zero-order valence-corrected chi connectivity index (χ0v) is 6.79. The fraction of sp³-hybridized carbons (Fsp3) is 0.500. The van der Waals surface area contributed by atoms with Crippen LogP contribution in [-0.4, -0.2) is 17.6 Å². The Labute approximate surface area is 66.8 Å². The maximum atomic E-state index is 9.47. The lowest BCUT2D eigenvalue weighted by atomic mass is 10.5. The van der Waals surface area contributed by atoms with Crippen LogP contribution in [0, 0.1) is 0 Å². The van der Waals surface area contributed by atoms with E-state index in [9.17, 15) is 4.79 Å². The van der Waals surface area contributed by atoms with E-state index in [-0.39, 0.29) is 0 Å². The molecule has 0 atom stereocenters. The second-order valence-corrected chi connectivity index (χ2v) is 1.33. The Hall–Kier alpha value is -0.910. The third kappa shape index (κ3) is 105. The van der Waals surface area contributed by atoms with E-state index in [1.807, 2.05) is 6.92 Å². The standard InChI is InChI=1S/C3H5NO.C3H8O.H4N2/c1-2-3(4)5;1-2-3-4;1-2/h2H,1H2,(H2,4,5);4H,2-3H2,1H3;1-2H2. The van der Waals surface area contributed by atoms with Gasteiger partial charge in [-0.2, -0.15) is 0 Å². The SMILES string of the molecule is C=CC(N)=O.CCCO.NN. The molecule has 0 aliphatic rings. The van der Waals surface area contributed by atoms with Crippen molar-refractivity contribution in [3.05, 3.63) is 12.7 Å². The van der Waals surface area contributed by atoms with Gasteiger partial charge in [-0.3, -0.25) is 16.5 Å². The number of aliphatic hydroxyl groups is 1. The lowest BCUT2D eigenvalue weighted by Crippen LogP contribution is -2.04. The predicted molar refractivity (Wildman–Crippen MR) is 45.1 cm³/mol. The van der Waals surface area contributed by atoms with Gasteiger partial charge in [0.2, 0.25) is 5.91 Å². The number of carbonyl (C=O) groups excluding carboxylic acids is 1. The van der Waals surface area contributed by atoms with E-state index < -0.39 is 5.91 Å². The normalized spacial score (nSPS) is 6.18. The zero-order valence-electron chi connectivity index (χ0n) is 6.79. The molecule has 0 saturated heterocycles. The number of aliphatic hydroxyl groups excluding tert-OH is 1. The van der Waals surface area contributed by atoms with Crippen molar-refractivity contribution in [2.45, 2.75) is 13.3 Å². The molecule has 0 aromatic rings. The molecule has 11 heavy (non-hydrogen) atoms. The van der Waals surface area contributed by atoms with E-state index in [2.05, 4.69) is 24.0 Å². The molecule has 0 aromatic carbocycles. The van der Waals surface area contributed by atoms with E-state index in [0.29, 0.717) is 6.61 Å². The number of primary amides is 1. The Morgan fingerprint density at radius 1 is 1.64 bits per heavy atom. The minimum absolute atomic E-state index is 0.319. The van der Waals surface area contributed by atoms with Crippen molar-refractivity contribution in [2.75, 3.05) is 6.61 Å². The molecule has 7 N–H and O–H groups in total. The molecular weight excluding hydrogens is 146 g/mol. The van der Waals surface area contributed by atoms with Crippen molar-refractivity contribution in [3.63, 3.8) is 0 Å². The summed E-state index contributed by atoms with van der Waals surface area (Å²) in [6.45, 7) is 5.34. The molecule has 5 nitrogen and oxygen atoms in total. The minimum atomic E-state index is -0.481. The summed E-state index contributed by atoms with van der Waals surface area (Å²) >= 11 is 0. The number of rotatable bonds is 2. The fourth-order valence-electron chi connectivity index (χ4n) is 0. The van der Waals surface area contributed by atoms with Crippen molar-refractivity contribution in [2.24, 2.45) is 17.4 Å². The molecule has 0 aliphatic carbocycles. The average Bonchev–Trinajstić information content (AvgIpc) is 2.08. The van der Waals surface area contributed by atoms with Crippen LogP contribution in [0.3, 0.4) is 0 Å². The minimum Gasteiger partial charge on any atom is -0.396 e. The van der Waals surface area contributed by atoms with Crippen LogP contribution in [0.2, 0.25) is 0 Å². The first-order chi connectivity index (χ1) is 5.18. The summed E-state index contributed by atoms with van der Waals surface area (Å²) in [5.41, 5.74) is 4.53. The average molecular weight is 163 g/mol. The molecule has 0 fully saturated rings. The van der Waals surface area contributed by atoms with Crippen molar-refractivity contribution in [3.8, 4) is 0 Å². The van der Waals surface area contributed by atoms with Gasteiger partial charge in [-0.25, -0.2) is 0 Å². The first-order valence-electron chi connectivity index (χ1n) is 3.05. The Morgan fingerprint density at radius 2 is 1.82 bits per heavy atom. The van der Waals surface area contributed by atoms with Crippen molar-refractivity contribution < 1.29 is 9.90 Å². The summed E-state index contributed by atoms with van der Waals surface area (Å²) < 4.78 is 0. The van der Waals surface area contributed by atoms with Gasteiger partial charge in [0.05, 0.1) is 0 Å². The maximum Gasteiger partial charge on any atom is 0.240 e. The number of hydrogen-bond donors (Lipinski definition) is 4. The molecule has 68 valence electrons. The van der Waals surface area contributed by atoms with Crippen LogP contribution < -0.4 is 17.4 Å². The summed E-state index contributed by atoms with van der Waals surface area (Å²) in [5.74, 6) is 7.52. The second-order valence-electron chi connectivity index (χ2n) is 1.33. The van der Waals surface area contributed by atoms with Gasteiger partial charge in [0.1, 0.15) is 0 Å². The van der Waals surface area contributed by atoms with Crippen molar-refractivity contribution in [1.29, 1.82) is 0 Å². The van der Waals surface area contributed by atoms with Gasteiger partial charge in [0, 0.05) is 6.61 Å². The van der Waals surface area contributed by atoms with Crippen molar-refractivity contribution >= 4 is 5.91 Å². The monoisotopic (exact) mass is 163 g/mol. The van der Waals surface area contributed by atoms with E-state index in [0.717, 1.165) is 12.5 Å². The first-order valence-corrected chi connectivity index (χ1v) is 3.05. The van der Waals surface area contributed by atoms with Crippen LogP contribution in [-0.2, 0) is 4.79 Å². The predicted octanol–water partition coefficient (Wildman–Crippen LogP) is -1.13. The molecule has 0 spiro atoms. The molecule has 5 heteroatoms. The first kappa shape index (κ1) is 16.6. The highest BCUT2D eigenvalue weighted by molar-refractivity contribution is 5.84. The summed E-state index contributed by atoms with van der Waals surface area (Å²) in [4.78, 5) is 9.47. The molecule has 0 bridgehead atoms. The third-order valence-corrected chi connectivity index (χ3v) is 0.425. The van der Waals surface area contributed by atoms with Gasteiger partial charge < -0.3 is 10.8 Å². The highest BCUT2D eigenvalue weighted by Crippen LogP contribution is 1.61. The molecule has 0 radical (unpaired) electrons.